The molecule has 2 aliphatic heterocycles. The fourth-order valence-corrected chi connectivity index (χ4v) is 3.11. The molecular formula is C15H16N2O2. The molecule has 4 nitrogen and oxygen atoms in total. The zero-order valence-electron chi connectivity index (χ0n) is 10.7. The van der Waals surface area contributed by atoms with Crippen LogP contribution in [0.15, 0.2) is 36.9 Å². The van der Waals surface area contributed by atoms with Gasteiger partial charge in [-0.3, -0.25) is 9.59 Å². The van der Waals surface area contributed by atoms with Crippen molar-refractivity contribution in [3.05, 3.63) is 42.5 Å². The Kier molecular flexibility index (Phi) is 2.66. The van der Waals surface area contributed by atoms with Crippen LogP contribution in [0, 0.1) is 0 Å². The molecule has 2 aliphatic rings. The number of para-hydroxylation sites is 1. The van der Waals surface area contributed by atoms with E-state index in [4.69, 9.17) is 0 Å². The fraction of sp³-hybridized carbons (Fsp3) is 0.333. The van der Waals surface area contributed by atoms with Crippen LogP contribution in [-0.4, -0.2) is 29.8 Å². The van der Waals surface area contributed by atoms with E-state index in [0.717, 1.165) is 11.3 Å². The van der Waals surface area contributed by atoms with E-state index in [0.29, 0.717) is 25.9 Å². The van der Waals surface area contributed by atoms with Crippen molar-refractivity contribution >= 4 is 17.5 Å². The van der Waals surface area contributed by atoms with E-state index in [1.54, 1.807) is 4.90 Å². The molecule has 1 fully saturated rings. The minimum atomic E-state index is -0.450. The molecule has 1 saturated heterocycles. The molecule has 2 amide bonds. The smallest absolute Gasteiger partial charge is 0.245 e. The van der Waals surface area contributed by atoms with Crippen LogP contribution >= 0.6 is 0 Å². The third-order valence-electron chi connectivity index (χ3n) is 4.23. The Labute approximate surface area is 112 Å². The summed E-state index contributed by atoms with van der Waals surface area (Å²) in [6.07, 6.45) is 2.69. The van der Waals surface area contributed by atoms with Gasteiger partial charge in [-0.15, -0.1) is 0 Å². The van der Waals surface area contributed by atoms with Gasteiger partial charge in [-0.05, 0) is 30.5 Å². The van der Waals surface area contributed by atoms with Gasteiger partial charge in [0.1, 0.15) is 0 Å². The Morgan fingerprint density at radius 2 is 2.00 bits per heavy atom. The van der Waals surface area contributed by atoms with Gasteiger partial charge < -0.3 is 10.2 Å². The Morgan fingerprint density at radius 3 is 2.68 bits per heavy atom. The van der Waals surface area contributed by atoms with Gasteiger partial charge in [0.05, 0.1) is 5.41 Å². The fourth-order valence-electron chi connectivity index (χ4n) is 3.11. The molecule has 0 saturated carbocycles. The Balaban J connectivity index is 1.89. The highest BCUT2D eigenvalue weighted by molar-refractivity contribution is 6.06. The van der Waals surface area contributed by atoms with Gasteiger partial charge >= 0.3 is 0 Å². The number of likely N-dealkylation sites (tertiary alicyclic amines) is 1. The average molecular weight is 256 g/mol. The zero-order valence-corrected chi connectivity index (χ0v) is 10.7. The number of nitrogens with one attached hydrogen (secondary N) is 1. The first-order valence-electron chi connectivity index (χ1n) is 6.50. The number of piperidine rings is 1. The molecule has 3 rings (SSSR count). The number of fused-ring (bicyclic) bond motifs is 2. The number of anilines is 1. The van der Waals surface area contributed by atoms with Crippen LogP contribution in [-0.2, 0) is 15.0 Å². The number of amides is 2. The predicted octanol–water partition coefficient (Wildman–Crippen LogP) is 1.68. The summed E-state index contributed by atoms with van der Waals surface area (Å²) >= 11 is 0. The Hall–Kier alpha value is -2.10. The van der Waals surface area contributed by atoms with Gasteiger partial charge in [-0.25, -0.2) is 0 Å². The van der Waals surface area contributed by atoms with Gasteiger partial charge in [0, 0.05) is 18.8 Å². The SMILES string of the molecule is C=CC(=O)N1CCC2(CC1)C(=O)Nc1ccccc12. The van der Waals surface area contributed by atoms with Gasteiger partial charge in [0.2, 0.25) is 11.8 Å². The van der Waals surface area contributed by atoms with Gasteiger partial charge in [-0.1, -0.05) is 24.8 Å². The summed E-state index contributed by atoms with van der Waals surface area (Å²) in [7, 11) is 0. The first-order valence-corrected chi connectivity index (χ1v) is 6.50. The van der Waals surface area contributed by atoms with Crippen LogP contribution < -0.4 is 5.32 Å². The van der Waals surface area contributed by atoms with Crippen molar-refractivity contribution in [3.8, 4) is 0 Å². The summed E-state index contributed by atoms with van der Waals surface area (Å²) < 4.78 is 0. The number of nitrogens with zero attached hydrogens (tertiary/aromatic N) is 1. The minimum Gasteiger partial charge on any atom is -0.339 e. The molecule has 2 heterocycles. The van der Waals surface area contributed by atoms with E-state index in [-0.39, 0.29) is 11.8 Å². The maximum absolute atomic E-state index is 12.3. The van der Waals surface area contributed by atoms with Crippen molar-refractivity contribution in [1.82, 2.24) is 4.90 Å². The molecule has 1 aromatic rings. The first-order chi connectivity index (χ1) is 9.17. The number of hydrogen-bond acceptors (Lipinski definition) is 2. The van der Waals surface area contributed by atoms with Crippen molar-refractivity contribution < 1.29 is 9.59 Å². The highest BCUT2D eigenvalue weighted by atomic mass is 16.2. The highest BCUT2D eigenvalue weighted by Crippen LogP contribution is 2.44. The van der Waals surface area contributed by atoms with Gasteiger partial charge in [0.25, 0.3) is 0 Å². The monoisotopic (exact) mass is 256 g/mol. The van der Waals surface area contributed by atoms with Crippen molar-refractivity contribution in [2.24, 2.45) is 0 Å². The lowest BCUT2D eigenvalue weighted by atomic mass is 9.73. The standard InChI is InChI=1S/C15H16N2O2/c1-2-13(18)17-9-7-15(8-10-17)11-5-3-4-6-12(11)16-14(15)19/h2-6H,1,7-10H2,(H,16,19). The Morgan fingerprint density at radius 1 is 1.32 bits per heavy atom. The quantitative estimate of drug-likeness (QED) is 0.777. The maximum atomic E-state index is 12.3. The van der Waals surface area contributed by atoms with Gasteiger partial charge in [0.15, 0.2) is 0 Å². The van der Waals surface area contributed by atoms with E-state index in [1.807, 2.05) is 24.3 Å². The molecule has 0 aromatic heterocycles. The first kappa shape index (κ1) is 12.0. The van der Waals surface area contributed by atoms with E-state index in [2.05, 4.69) is 11.9 Å². The van der Waals surface area contributed by atoms with Crippen molar-refractivity contribution in [3.63, 3.8) is 0 Å². The van der Waals surface area contributed by atoms with Crippen molar-refractivity contribution in [2.45, 2.75) is 18.3 Å². The summed E-state index contributed by atoms with van der Waals surface area (Å²) in [4.78, 5) is 25.7. The molecule has 0 bridgehead atoms. The lowest BCUT2D eigenvalue weighted by Crippen LogP contribution is -2.47. The van der Waals surface area contributed by atoms with E-state index in [1.165, 1.54) is 6.08 Å². The second-order valence-electron chi connectivity index (χ2n) is 5.11. The highest BCUT2D eigenvalue weighted by Gasteiger charge is 2.48. The summed E-state index contributed by atoms with van der Waals surface area (Å²) in [6.45, 7) is 4.71. The molecule has 0 aliphatic carbocycles. The molecule has 1 spiro atoms. The average Bonchev–Trinajstić information content (AvgIpc) is 2.72. The minimum absolute atomic E-state index is 0.0541. The van der Waals surface area contributed by atoms with Crippen molar-refractivity contribution in [2.75, 3.05) is 18.4 Å². The third-order valence-corrected chi connectivity index (χ3v) is 4.23. The third kappa shape index (κ3) is 1.67. The van der Waals surface area contributed by atoms with Gasteiger partial charge in [-0.2, -0.15) is 0 Å². The van der Waals surface area contributed by atoms with Crippen molar-refractivity contribution in [1.29, 1.82) is 0 Å². The number of benzene rings is 1. The topological polar surface area (TPSA) is 49.4 Å². The number of carbonyl (C=O) groups excluding carboxylic acids is 2. The maximum Gasteiger partial charge on any atom is 0.245 e. The molecular weight excluding hydrogens is 240 g/mol. The molecule has 0 atom stereocenters. The molecule has 19 heavy (non-hydrogen) atoms. The van der Waals surface area contributed by atoms with Crippen LogP contribution in [0.2, 0.25) is 0 Å². The molecule has 0 unspecified atom stereocenters. The molecule has 98 valence electrons. The summed E-state index contributed by atoms with van der Waals surface area (Å²) in [5.74, 6) is 0.0148. The second-order valence-corrected chi connectivity index (χ2v) is 5.11. The van der Waals surface area contributed by atoms with Crippen LogP contribution in [0.3, 0.4) is 0 Å². The number of hydrogen-bond donors (Lipinski definition) is 1. The normalized spacial score (nSPS) is 20.0. The molecule has 1 N–H and O–H groups in total. The summed E-state index contributed by atoms with van der Waals surface area (Å²) in [5, 5.41) is 2.95. The summed E-state index contributed by atoms with van der Waals surface area (Å²) in [6, 6.07) is 7.83. The van der Waals surface area contributed by atoms with Crippen LogP contribution in [0.1, 0.15) is 18.4 Å². The van der Waals surface area contributed by atoms with Crippen LogP contribution in [0.4, 0.5) is 5.69 Å². The van der Waals surface area contributed by atoms with Crippen LogP contribution in [0.5, 0.6) is 0 Å². The second kappa shape index (κ2) is 4.23. The van der Waals surface area contributed by atoms with Crippen LogP contribution in [0.25, 0.3) is 0 Å². The number of rotatable bonds is 1. The number of carbonyl (C=O) groups is 2. The Bertz CT molecular complexity index is 557. The summed E-state index contributed by atoms with van der Waals surface area (Å²) in [5.41, 5.74) is 1.54. The largest absolute Gasteiger partial charge is 0.339 e. The van der Waals surface area contributed by atoms with E-state index < -0.39 is 5.41 Å². The van der Waals surface area contributed by atoms with E-state index >= 15 is 0 Å². The molecule has 0 radical (unpaired) electrons. The predicted molar refractivity (Wildman–Crippen MR) is 72.8 cm³/mol. The lowest BCUT2D eigenvalue weighted by molar-refractivity contribution is -0.131. The molecule has 1 aromatic carbocycles. The lowest BCUT2D eigenvalue weighted by Gasteiger charge is -2.37. The molecule has 4 heteroatoms. The van der Waals surface area contributed by atoms with E-state index in [9.17, 15) is 9.59 Å². The zero-order chi connectivity index (χ0) is 13.5.